The topological polar surface area (TPSA) is 91.3 Å². The Morgan fingerprint density at radius 2 is 2.00 bits per heavy atom. The van der Waals surface area contributed by atoms with Gasteiger partial charge >= 0.3 is 0 Å². The van der Waals surface area contributed by atoms with E-state index >= 15 is 0 Å². The van der Waals surface area contributed by atoms with Gasteiger partial charge < -0.3 is 10.5 Å². The van der Waals surface area contributed by atoms with E-state index in [1.807, 2.05) is 0 Å². The standard InChI is InChI=1S/C11H8ClN3O3/c12-9-5-7(1-2-10(9)15(16)17)18-8-3-4-14-11(13)6-8/h1-6H,(H2,13,14). The Labute approximate surface area is 107 Å². The van der Waals surface area contributed by atoms with Crippen LogP contribution < -0.4 is 10.5 Å². The summed E-state index contributed by atoms with van der Waals surface area (Å²) in [5.74, 6) is 1.18. The number of rotatable bonds is 3. The summed E-state index contributed by atoms with van der Waals surface area (Å²) in [6.07, 6.45) is 1.50. The fraction of sp³-hybridized carbons (Fsp3) is 0. The number of nitrogens with two attached hydrogens (primary N) is 1. The highest BCUT2D eigenvalue weighted by atomic mass is 35.5. The van der Waals surface area contributed by atoms with E-state index in [0.717, 1.165) is 0 Å². The lowest BCUT2D eigenvalue weighted by molar-refractivity contribution is -0.384. The van der Waals surface area contributed by atoms with Crippen molar-refractivity contribution >= 4 is 23.1 Å². The van der Waals surface area contributed by atoms with E-state index < -0.39 is 4.92 Å². The van der Waals surface area contributed by atoms with Crippen LogP contribution in [0, 0.1) is 10.1 Å². The molecule has 1 heterocycles. The van der Waals surface area contributed by atoms with Crippen LogP contribution in [0.4, 0.5) is 11.5 Å². The third kappa shape index (κ3) is 2.67. The van der Waals surface area contributed by atoms with Gasteiger partial charge in [0, 0.05) is 24.4 Å². The molecule has 0 spiro atoms. The number of nitro groups is 1. The second-order valence-electron chi connectivity index (χ2n) is 3.39. The lowest BCUT2D eigenvalue weighted by atomic mass is 10.3. The molecule has 0 aliphatic carbocycles. The Balaban J connectivity index is 2.25. The number of aromatic nitrogens is 1. The highest BCUT2D eigenvalue weighted by Crippen LogP contribution is 2.31. The van der Waals surface area contributed by atoms with Gasteiger partial charge in [-0.05, 0) is 12.1 Å². The fourth-order valence-electron chi connectivity index (χ4n) is 1.33. The summed E-state index contributed by atoms with van der Waals surface area (Å²) in [4.78, 5) is 13.9. The van der Waals surface area contributed by atoms with Gasteiger partial charge in [0.1, 0.15) is 22.3 Å². The Morgan fingerprint density at radius 1 is 1.28 bits per heavy atom. The predicted octanol–water partition coefficient (Wildman–Crippen LogP) is 3.02. The number of hydrogen-bond donors (Lipinski definition) is 1. The van der Waals surface area contributed by atoms with Crippen LogP contribution in [0.1, 0.15) is 0 Å². The first-order valence-corrected chi connectivity index (χ1v) is 5.27. The van der Waals surface area contributed by atoms with Crippen LogP contribution in [-0.4, -0.2) is 9.91 Å². The number of anilines is 1. The van der Waals surface area contributed by atoms with Gasteiger partial charge in [-0.2, -0.15) is 0 Å². The van der Waals surface area contributed by atoms with Crippen molar-refractivity contribution in [1.82, 2.24) is 4.98 Å². The molecule has 0 amide bonds. The Bertz CT molecular complexity index is 604. The van der Waals surface area contributed by atoms with Gasteiger partial charge in [0.2, 0.25) is 0 Å². The van der Waals surface area contributed by atoms with E-state index in [1.165, 1.54) is 30.5 Å². The first-order chi connectivity index (χ1) is 8.56. The summed E-state index contributed by atoms with van der Waals surface area (Å²) in [5, 5.41) is 10.6. The molecule has 18 heavy (non-hydrogen) atoms. The molecule has 1 aromatic carbocycles. The summed E-state index contributed by atoms with van der Waals surface area (Å²) in [6, 6.07) is 7.26. The maximum absolute atomic E-state index is 10.6. The van der Waals surface area contributed by atoms with E-state index in [-0.39, 0.29) is 10.7 Å². The van der Waals surface area contributed by atoms with Crippen LogP contribution in [0.2, 0.25) is 5.02 Å². The summed E-state index contributed by atoms with van der Waals surface area (Å²) in [6.45, 7) is 0. The molecule has 0 atom stereocenters. The molecule has 0 aliphatic heterocycles. The van der Waals surface area contributed by atoms with Crippen LogP contribution in [-0.2, 0) is 0 Å². The lowest BCUT2D eigenvalue weighted by Crippen LogP contribution is -1.92. The number of nitrogen functional groups attached to an aromatic ring is 1. The molecule has 0 aliphatic rings. The number of hydrogen-bond acceptors (Lipinski definition) is 5. The summed E-state index contributed by atoms with van der Waals surface area (Å²) >= 11 is 5.76. The Kier molecular flexibility index (Phi) is 3.29. The Hall–Kier alpha value is -2.34. The Morgan fingerprint density at radius 3 is 2.61 bits per heavy atom. The monoisotopic (exact) mass is 265 g/mol. The number of ether oxygens (including phenoxy) is 1. The third-order valence-electron chi connectivity index (χ3n) is 2.10. The molecule has 0 radical (unpaired) electrons. The van der Waals surface area contributed by atoms with Gasteiger partial charge in [0.05, 0.1) is 4.92 Å². The van der Waals surface area contributed by atoms with Crippen molar-refractivity contribution < 1.29 is 9.66 Å². The molecular weight excluding hydrogens is 258 g/mol. The molecule has 0 saturated carbocycles. The number of pyridine rings is 1. The first-order valence-electron chi connectivity index (χ1n) is 4.89. The van der Waals surface area contributed by atoms with Gasteiger partial charge in [-0.25, -0.2) is 4.98 Å². The first kappa shape index (κ1) is 12.1. The molecule has 6 nitrogen and oxygen atoms in total. The quantitative estimate of drug-likeness (QED) is 0.680. The predicted molar refractivity (Wildman–Crippen MR) is 66.8 cm³/mol. The number of benzene rings is 1. The fourth-order valence-corrected chi connectivity index (χ4v) is 1.57. The zero-order valence-corrected chi connectivity index (χ0v) is 9.79. The van der Waals surface area contributed by atoms with Gasteiger partial charge in [-0.1, -0.05) is 11.6 Å². The van der Waals surface area contributed by atoms with Crippen molar-refractivity contribution in [3.63, 3.8) is 0 Å². The minimum absolute atomic E-state index is 0.0135. The summed E-state index contributed by atoms with van der Waals surface area (Å²) < 4.78 is 5.45. The van der Waals surface area contributed by atoms with Gasteiger partial charge in [-0.3, -0.25) is 10.1 Å². The number of nitrogens with zero attached hydrogens (tertiary/aromatic N) is 2. The van der Waals surface area contributed by atoms with E-state index in [0.29, 0.717) is 17.3 Å². The maximum atomic E-state index is 10.6. The van der Waals surface area contributed by atoms with Crippen LogP contribution in [0.5, 0.6) is 11.5 Å². The minimum Gasteiger partial charge on any atom is -0.457 e. The SMILES string of the molecule is Nc1cc(Oc2ccc([N+](=O)[O-])c(Cl)c2)ccn1. The average Bonchev–Trinajstić information content (AvgIpc) is 2.28. The van der Waals surface area contributed by atoms with Crippen LogP contribution >= 0.6 is 11.6 Å². The molecule has 2 N–H and O–H groups in total. The molecule has 7 heteroatoms. The van der Waals surface area contributed by atoms with Gasteiger partial charge in [0.15, 0.2) is 0 Å². The van der Waals surface area contributed by atoms with Gasteiger partial charge in [-0.15, -0.1) is 0 Å². The van der Waals surface area contributed by atoms with Crippen molar-refractivity contribution in [3.8, 4) is 11.5 Å². The van der Waals surface area contributed by atoms with Crippen molar-refractivity contribution in [1.29, 1.82) is 0 Å². The smallest absolute Gasteiger partial charge is 0.288 e. The van der Waals surface area contributed by atoms with E-state index in [4.69, 9.17) is 22.1 Å². The largest absolute Gasteiger partial charge is 0.457 e. The zero-order chi connectivity index (χ0) is 13.1. The second kappa shape index (κ2) is 4.89. The molecule has 1 aromatic heterocycles. The maximum Gasteiger partial charge on any atom is 0.288 e. The molecule has 92 valence electrons. The van der Waals surface area contributed by atoms with E-state index in [2.05, 4.69) is 4.98 Å². The third-order valence-corrected chi connectivity index (χ3v) is 2.41. The highest BCUT2D eigenvalue weighted by Gasteiger charge is 2.12. The van der Waals surface area contributed by atoms with Gasteiger partial charge in [0.25, 0.3) is 5.69 Å². The molecule has 0 unspecified atom stereocenters. The number of halogens is 1. The van der Waals surface area contributed by atoms with E-state index in [1.54, 1.807) is 6.07 Å². The van der Waals surface area contributed by atoms with Crippen molar-refractivity contribution in [2.24, 2.45) is 0 Å². The summed E-state index contributed by atoms with van der Waals surface area (Å²) in [7, 11) is 0. The van der Waals surface area contributed by atoms with Crippen molar-refractivity contribution in [3.05, 3.63) is 51.7 Å². The summed E-state index contributed by atoms with van der Waals surface area (Å²) in [5.41, 5.74) is 5.33. The lowest BCUT2D eigenvalue weighted by Gasteiger charge is -2.06. The van der Waals surface area contributed by atoms with E-state index in [9.17, 15) is 10.1 Å². The molecule has 2 aromatic rings. The molecule has 0 fully saturated rings. The number of nitro benzene ring substituents is 1. The minimum atomic E-state index is -0.559. The molecule has 0 bridgehead atoms. The van der Waals surface area contributed by atoms with Crippen molar-refractivity contribution in [2.45, 2.75) is 0 Å². The van der Waals surface area contributed by atoms with Crippen LogP contribution in [0.15, 0.2) is 36.5 Å². The van der Waals surface area contributed by atoms with Crippen molar-refractivity contribution in [2.75, 3.05) is 5.73 Å². The normalized spacial score (nSPS) is 10.1. The molecule has 2 rings (SSSR count). The second-order valence-corrected chi connectivity index (χ2v) is 3.80. The average molecular weight is 266 g/mol. The van der Waals surface area contributed by atoms with Crippen LogP contribution in [0.25, 0.3) is 0 Å². The molecular formula is C11H8ClN3O3. The molecule has 0 saturated heterocycles. The highest BCUT2D eigenvalue weighted by molar-refractivity contribution is 6.32. The van der Waals surface area contributed by atoms with Crippen LogP contribution in [0.3, 0.4) is 0 Å². The zero-order valence-electron chi connectivity index (χ0n) is 9.04.